The largest absolute Gasteiger partial charge is 0.325 e. The summed E-state index contributed by atoms with van der Waals surface area (Å²) >= 11 is 6.20. The molecule has 1 heterocycles. The molecular formula is C23H23ClN2O3S. The van der Waals surface area contributed by atoms with Crippen LogP contribution in [0.15, 0.2) is 65.6 Å². The molecule has 0 radical (unpaired) electrons. The number of hydrogen-bond acceptors (Lipinski definition) is 3. The predicted octanol–water partition coefficient (Wildman–Crippen LogP) is 4.84. The van der Waals surface area contributed by atoms with Crippen LogP contribution in [0.4, 0.5) is 5.69 Å². The highest BCUT2D eigenvalue weighted by Gasteiger charge is 2.32. The Balaban J connectivity index is 1.43. The Morgan fingerprint density at radius 3 is 2.40 bits per heavy atom. The number of sulfonamides is 1. The van der Waals surface area contributed by atoms with Gasteiger partial charge in [-0.2, -0.15) is 4.31 Å². The highest BCUT2D eigenvalue weighted by Crippen LogP contribution is 2.28. The van der Waals surface area contributed by atoms with Crippen molar-refractivity contribution in [3.8, 4) is 0 Å². The Morgan fingerprint density at radius 2 is 1.70 bits per heavy atom. The van der Waals surface area contributed by atoms with Crippen LogP contribution in [0.5, 0.6) is 0 Å². The van der Waals surface area contributed by atoms with E-state index in [0.717, 1.165) is 16.3 Å². The number of halogens is 1. The third-order valence-corrected chi connectivity index (χ3v) is 7.77. The van der Waals surface area contributed by atoms with E-state index in [9.17, 15) is 13.2 Å². The number of hydrogen-bond donors (Lipinski definition) is 1. The van der Waals surface area contributed by atoms with Crippen LogP contribution in [0.2, 0.25) is 5.02 Å². The monoisotopic (exact) mass is 442 g/mol. The lowest BCUT2D eigenvalue weighted by atomic mass is 9.97. The number of carbonyl (C=O) groups excluding carboxylic acids is 1. The maximum absolute atomic E-state index is 13.1. The summed E-state index contributed by atoms with van der Waals surface area (Å²) in [5.74, 6) is -0.367. The van der Waals surface area contributed by atoms with Gasteiger partial charge in [0.25, 0.3) is 0 Å². The van der Waals surface area contributed by atoms with Crippen molar-refractivity contribution in [2.75, 3.05) is 18.4 Å². The molecule has 0 atom stereocenters. The van der Waals surface area contributed by atoms with Crippen molar-refractivity contribution in [1.82, 2.24) is 4.31 Å². The molecule has 3 aromatic rings. The Hall–Kier alpha value is -2.41. The van der Waals surface area contributed by atoms with Crippen molar-refractivity contribution in [2.24, 2.45) is 5.92 Å². The lowest BCUT2D eigenvalue weighted by molar-refractivity contribution is -0.120. The van der Waals surface area contributed by atoms with Gasteiger partial charge in [-0.25, -0.2) is 8.42 Å². The number of amides is 1. The molecule has 1 saturated heterocycles. The van der Waals surface area contributed by atoms with E-state index in [1.54, 1.807) is 24.3 Å². The number of aryl methyl sites for hydroxylation is 1. The number of nitrogens with one attached hydrogen (secondary N) is 1. The van der Waals surface area contributed by atoms with E-state index in [1.807, 2.05) is 43.3 Å². The molecule has 0 saturated carbocycles. The molecule has 1 aliphatic heterocycles. The van der Waals surface area contributed by atoms with Crippen molar-refractivity contribution in [1.29, 1.82) is 0 Å². The SMILES string of the molecule is Cc1ccc(NC(=O)C2CCN(S(=O)(=O)c3ccc4ccccc4c3)CC2)c(Cl)c1. The molecule has 5 nitrogen and oxygen atoms in total. The maximum atomic E-state index is 13.1. The molecule has 4 rings (SSSR count). The van der Waals surface area contributed by atoms with Gasteiger partial charge in [0.2, 0.25) is 15.9 Å². The molecule has 1 aliphatic rings. The average Bonchev–Trinajstić information content (AvgIpc) is 2.75. The molecule has 0 aromatic heterocycles. The first-order chi connectivity index (χ1) is 14.3. The number of carbonyl (C=O) groups is 1. The topological polar surface area (TPSA) is 66.5 Å². The van der Waals surface area contributed by atoms with Crippen LogP contribution >= 0.6 is 11.6 Å². The fraction of sp³-hybridized carbons (Fsp3) is 0.261. The summed E-state index contributed by atoms with van der Waals surface area (Å²) in [6.07, 6.45) is 0.949. The standard InChI is InChI=1S/C23H23ClN2O3S/c1-16-6-9-22(21(24)14-16)25-23(27)18-10-12-26(13-11-18)30(28,29)20-8-7-17-4-2-3-5-19(17)15-20/h2-9,14-15,18H,10-13H2,1H3,(H,25,27). The molecule has 30 heavy (non-hydrogen) atoms. The fourth-order valence-corrected chi connectivity index (χ4v) is 5.58. The molecule has 0 unspecified atom stereocenters. The van der Waals surface area contributed by atoms with Gasteiger partial charge < -0.3 is 5.32 Å². The van der Waals surface area contributed by atoms with E-state index in [1.165, 1.54) is 4.31 Å². The summed E-state index contributed by atoms with van der Waals surface area (Å²) in [5, 5.41) is 5.27. The first-order valence-electron chi connectivity index (χ1n) is 9.90. The number of piperidine rings is 1. The van der Waals surface area contributed by atoms with Gasteiger partial charge in [-0.3, -0.25) is 4.79 Å². The van der Waals surface area contributed by atoms with E-state index in [2.05, 4.69) is 5.32 Å². The van der Waals surface area contributed by atoms with E-state index in [0.29, 0.717) is 36.6 Å². The second-order valence-corrected chi connectivity index (χ2v) is 10.0. The van der Waals surface area contributed by atoms with Crippen molar-refractivity contribution >= 4 is 44.0 Å². The molecule has 1 fully saturated rings. The van der Waals surface area contributed by atoms with Crippen molar-refractivity contribution in [2.45, 2.75) is 24.7 Å². The van der Waals surface area contributed by atoms with Crippen molar-refractivity contribution in [3.63, 3.8) is 0 Å². The van der Waals surface area contributed by atoms with Gasteiger partial charge in [-0.15, -0.1) is 0 Å². The zero-order chi connectivity index (χ0) is 21.3. The van der Waals surface area contributed by atoms with E-state index in [4.69, 9.17) is 11.6 Å². The fourth-order valence-electron chi connectivity index (χ4n) is 3.79. The van der Waals surface area contributed by atoms with Crippen LogP contribution in [-0.2, 0) is 14.8 Å². The minimum absolute atomic E-state index is 0.122. The van der Waals surface area contributed by atoms with Crippen LogP contribution in [0.25, 0.3) is 10.8 Å². The molecule has 3 aromatic carbocycles. The molecule has 0 aliphatic carbocycles. The first kappa shape index (κ1) is 20.8. The van der Waals surface area contributed by atoms with Gasteiger partial charge in [0.1, 0.15) is 0 Å². The van der Waals surface area contributed by atoms with Crippen molar-refractivity contribution < 1.29 is 13.2 Å². The number of nitrogens with zero attached hydrogens (tertiary/aromatic N) is 1. The second kappa shape index (κ2) is 8.38. The lowest BCUT2D eigenvalue weighted by Crippen LogP contribution is -2.41. The molecule has 7 heteroatoms. The number of benzene rings is 3. The second-order valence-electron chi connectivity index (χ2n) is 7.66. The number of anilines is 1. The van der Waals surface area contributed by atoms with Gasteiger partial charge in [0.05, 0.1) is 15.6 Å². The van der Waals surface area contributed by atoms with Crippen LogP contribution < -0.4 is 5.32 Å². The molecule has 156 valence electrons. The molecule has 1 N–H and O–H groups in total. The molecular weight excluding hydrogens is 420 g/mol. The van der Waals surface area contributed by atoms with Gasteiger partial charge in [0.15, 0.2) is 0 Å². The Labute approximate surface area is 181 Å². The van der Waals surface area contributed by atoms with Gasteiger partial charge >= 0.3 is 0 Å². The van der Waals surface area contributed by atoms with Gasteiger partial charge in [-0.1, -0.05) is 48.0 Å². The van der Waals surface area contributed by atoms with Crippen LogP contribution in [-0.4, -0.2) is 31.7 Å². The van der Waals surface area contributed by atoms with Crippen LogP contribution in [0.1, 0.15) is 18.4 Å². The van der Waals surface area contributed by atoms with E-state index < -0.39 is 10.0 Å². The average molecular weight is 443 g/mol. The first-order valence-corrected chi connectivity index (χ1v) is 11.7. The third-order valence-electron chi connectivity index (χ3n) is 5.57. The highest BCUT2D eigenvalue weighted by molar-refractivity contribution is 7.89. The Morgan fingerprint density at radius 1 is 1.00 bits per heavy atom. The Kier molecular flexibility index (Phi) is 5.82. The zero-order valence-corrected chi connectivity index (χ0v) is 18.2. The zero-order valence-electron chi connectivity index (χ0n) is 16.6. The van der Waals surface area contributed by atoms with E-state index in [-0.39, 0.29) is 16.7 Å². The Bertz CT molecular complexity index is 1200. The molecule has 1 amide bonds. The highest BCUT2D eigenvalue weighted by atomic mass is 35.5. The van der Waals surface area contributed by atoms with Gasteiger partial charge in [-0.05, 0) is 60.4 Å². The summed E-state index contributed by atoms with van der Waals surface area (Å²) in [5.41, 5.74) is 1.60. The third kappa shape index (κ3) is 4.21. The molecule has 0 spiro atoms. The predicted molar refractivity (Wildman–Crippen MR) is 120 cm³/mol. The van der Waals surface area contributed by atoms with Crippen LogP contribution in [0, 0.1) is 12.8 Å². The summed E-state index contributed by atoms with van der Waals surface area (Å²) in [6, 6.07) is 18.3. The van der Waals surface area contributed by atoms with Gasteiger partial charge in [0, 0.05) is 19.0 Å². The lowest BCUT2D eigenvalue weighted by Gasteiger charge is -2.30. The normalized spacial score (nSPS) is 15.9. The maximum Gasteiger partial charge on any atom is 0.243 e. The quantitative estimate of drug-likeness (QED) is 0.628. The van der Waals surface area contributed by atoms with Crippen molar-refractivity contribution in [3.05, 3.63) is 71.2 Å². The number of fused-ring (bicyclic) bond motifs is 1. The minimum atomic E-state index is -3.59. The number of rotatable bonds is 4. The molecule has 0 bridgehead atoms. The summed E-state index contributed by atoms with van der Waals surface area (Å²) in [7, 11) is -3.59. The van der Waals surface area contributed by atoms with Crippen LogP contribution in [0.3, 0.4) is 0 Å². The summed E-state index contributed by atoms with van der Waals surface area (Å²) < 4.78 is 27.6. The van der Waals surface area contributed by atoms with E-state index >= 15 is 0 Å². The summed E-state index contributed by atoms with van der Waals surface area (Å²) in [6.45, 7) is 2.56. The minimum Gasteiger partial charge on any atom is -0.325 e. The summed E-state index contributed by atoms with van der Waals surface area (Å²) in [4.78, 5) is 12.9. The smallest absolute Gasteiger partial charge is 0.243 e.